The van der Waals surface area contributed by atoms with Gasteiger partial charge in [0, 0.05) is 14.8 Å². The van der Waals surface area contributed by atoms with Gasteiger partial charge in [0.2, 0.25) is 0 Å². The average molecular weight is 383 g/mol. The van der Waals surface area contributed by atoms with E-state index >= 15 is 0 Å². The van der Waals surface area contributed by atoms with E-state index in [-0.39, 0.29) is 5.41 Å². The Morgan fingerprint density at radius 2 is 1.11 bits per heavy atom. The molecule has 0 bridgehead atoms. The molecule has 0 fully saturated rings. The molecule has 128 valence electrons. The van der Waals surface area contributed by atoms with Gasteiger partial charge in [-0.05, 0) is 51.6 Å². The molecule has 2 aliphatic rings. The maximum Gasteiger partial charge on any atom is 0.0735 e. The quantitative estimate of drug-likeness (QED) is 0.268. The molecule has 0 atom stereocenters. The van der Waals surface area contributed by atoms with E-state index in [1.807, 2.05) is 17.8 Å². The third-order valence-electron chi connectivity index (χ3n) is 5.81. The third-order valence-corrected chi connectivity index (χ3v) is 7.18. The van der Waals surface area contributed by atoms with E-state index in [2.05, 4.69) is 84.9 Å². The second-order valence-electron chi connectivity index (χ2n) is 7.08. The van der Waals surface area contributed by atoms with Crippen LogP contribution in [0.25, 0.3) is 11.1 Å². The lowest BCUT2D eigenvalue weighted by molar-refractivity contribution is 0.722. The summed E-state index contributed by atoms with van der Waals surface area (Å²) in [4.78, 5) is 2.55. The normalized spacial score (nSPS) is 15.0. The summed E-state index contributed by atoms with van der Waals surface area (Å²) in [5.41, 5.74) is 7.79. The van der Waals surface area contributed by atoms with Gasteiger partial charge in [-0.25, -0.2) is 0 Å². The zero-order chi connectivity index (χ0) is 18.0. The Balaban J connectivity index is 1.85. The van der Waals surface area contributed by atoms with E-state index in [1.165, 1.54) is 43.2 Å². The summed E-state index contributed by atoms with van der Waals surface area (Å²) >= 11 is 8.21. The summed E-state index contributed by atoms with van der Waals surface area (Å²) in [6.07, 6.45) is 0. The fourth-order valence-corrected chi connectivity index (χ4v) is 6.30. The van der Waals surface area contributed by atoms with Crippen LogP contribution in [0.2, 0.25) is 5.02 Å². The minimum absolute atomic E-state index is 0.283. The largest absolute Gasteiger partial charge is 0.0894 e. The second kappa shape index (κ2) is 5.51. The highest BCUT2D eigenvalue weighted by molar-refractivity contribution is 7.99. The van der Waals surface area contributed by atoms with Crippen molar-refractivity contribution in [1.29, 1.82) is 0 Å². The predicted molar refractivity (Wildman–Crippen MR) is 113 cm³/mol. The standard InChI is InChI=1S/C25H15ClS/c26-16-13-14-22-24(15-16)27-23-12-6-5-11-21(23)25(22)19-9-3-1-7-17(19)18-8-2-4-10-20(18)25/h1-15H. The van der Waals surface area contributed by atoms with Crippen molar-refractivity contribution < 1.29 is 0 Å². The molecular formula is C25H15ClS. The van der Waals surface area contributed by atoms with Crippen LogP contribution in [0.15, 0.2) is 101 Å². The molecule has 0 saturated heterocycles. The van der Waals surface area contributed by atoms with Crippen LogP contribution in [-0.2, 0) is 5.41 Å². The van der Waals surface area contributed by atoms with Gasteiger partial charge >= 0.3 is 0 Å². The van der Waals surface area contributed by atoms with Crippen LogP contribution in [0.1, 0.15) is 22.3 Å². The van der Waals surface area contributed by atoms with Gasteiger partial charge in [-0.2, -0.15) is 0 Å². The summed E-state index contributed by atoms with van der Waals surface area (Å²) < 4.78 is 0. The Kier molecular flexibility index (Phi) is 3.18. The van der Waals surface area contributed by atoms with Gasteiger partial charge in [0.1, 0.15) is 0 Å². The maximum atomic E-state index is 6.39. The summed E-state index contributed by atoms with van der Waals surface area (Å²) in [5, 5.41) is 0.787. The molecule has 27 heavy (non-hydrogen) atoms. The van der Waals surface area contributed by atoms with Crippen LogP contribution in [0, 0.1) is 0 Å². The smallest absolute Gasteiger partial charge is 0.0735 e. The summed E-state index contributed by atoms with van der Waals surface area (Å²) in [6.45, 7) is 0. The first-order valence-electron chi connectivity index (χ1n) is 9.07. The van der Waals surface area contributed by atoms with E-state index in [4.69, 9.17) is 11.6 Å². The summed E-state index contributed by atoms with van der Waals surface area (Å²) in [5.74, 6) is 0. The number of rotatable bonds is 0. The molecule has 0 amide bonds. The highest BCUT2D eigenvalue weighted by atomic mass is 35.5. The molecule has 4 aromatic carbocycles. The Bertz CT molecular complexity index is 1180. The fourth-order valence-electron chi connectivity index (χ4n) is 4.83. The van der Waals surface area contributed by atoms with Crippen LogP contribution < -0.4 is 0 Å². The van der Waals surface area contributed by atoms with Gasteiger partial charge < -0.3 is 0 Å². The van der Waals surface area contributed by atoms with Crippen molar-refractivity contribution in [3.05, 3.63) is 118 Å². The van der Waals surface area contributed by atoms with Gasteiger partial charge in [0.15, 0.2) is 0 Å². The molecule has 0 aromatic heterocycles. The van der Waals surface area contributed by atoms with Gasteiger partial charge in [0.25, 0.3) is 0 Å². The van der Waals surface area contributed by atoms with Crippen molar-refractivity contribution in [1.82, 2.24) is 0 Å². The highest BCUT2D eigenvalue weighted by Gasteiger charge is 2.49. The number of hydrogen-bond acceptors (Lipinski definition) is 1. The maximum absolute atomic E-state index is 6.39. The fraction of sp³-hybridized carbons (Fsp3) is 0.0400. The van der Waals surface area contributed by atoms with Crippen molar-refractivity contribution >= 4 is 23.4 Å². The van der Waals surface area contributed by atoms with E-state index in [1.54, 1.807) is 0 Å². The topological polar surface area (TPSA) is 0 Å². The van der Waals surface area contributed by atoms with Gasteiger partial charge in [-0.3, -0.25) is 0 Å². The summed E-state index contributed by atoms with van der Waals surface area (Å²) in [6, 6.07) is 32.9. The SMILES string of the molecule is Clc1ccc2c(c1)Sc1ccccc1C21c2ccccc2-c2ccccc21. The molecular weight excluding hydrogens is 368 g/mol. The van der Waals surface area contributed by atoms with Crippen LogP contribution in [0.3, 0.4) is 0 Å². The van der Waals surface area contributed by atoms with E-state index in [9.17, 15) is 0 Å². The first kappa shape index (κ1) is 15.6. The monoisotopic (exact) mass is 382 g/mol. The Labute approximate surface area is 167 Å². The van der Waals surface area contributed by atoms with E-state index in [0.29, 0.717) is 0 Å². The molecule has 1 heterocycles. The second-order valence-corrected chi connectivity index (χ2v) is 8.60. The average Bonchev–Trinajstić information content (AvgIpc) is 3.00. The molecule has 0 saturated carbocycles. The van der Waals surface area contributed by atoms with Crippen molar-refractivity contribution in [2.24, 2.45) is 0 Å². The lowest BCUT2D eigenvalue weighted by atomic mass is 9.67. The Morgan fingerprint density at radius 1 is 0.556 bits per heavy atom. The van der Waals surface area contributed by atoms with E-state index in [0.717, 1.165) is 5.02 Å². The molecule has 0 N–H and O–H groups in total. The molecule has 0 nitrogen and oxygen atoms in total. The minimum Gasteiger partial charge on any atom is -0.0894 e. The van der Waals surface area contributed by atoms with Gasteiger partial charge in [0.05, 0.1) is 5.41 Å². The highest BCUT2D eigenvalue weighted by Crippen LogP contribution is 2.62. The molecule has 2 heteroatoms. The van der Waals surface area contributed by atoms with Gasteiger partial charge in [-0.15, -0.1) is 0 Å². The molecule has 1 spiro atoms. The van der Waals surface area contributed by atoms with Crippen molar-refractivity contribution in [2.75, 3.05) is 0 Å². The Hall–Kier alpha value is -2.48. The van der Waals surface area contributed by atoms with Crippen molar-refractivity contribution in [3.8, 4) is 11.1 Å². The number of halogens is 1. The zero-order valence-corrected chi connectivity index (χ0v) is 16.0. The molecule has 4 aromatic rings. The Morgan fingerprint density at radius 3 is 1.81 bits per heavy atom. The third kappa shape index (κ3) is 1.91. The molecule has 1 aliphatic carbocycles. The first-order chi connectivity index (χ1) is 13.3. The zero-order valence-electron chi connectivity index (χ0n) is 14.4. The van der Waals surface area contributed by atoms with Crippen LogP contribution in [0.4, 0.5) is 0 Å². The molecule has 0 radical (unpaired) electrons. The molecule has 1 aliphatic heterocycles. The molecule has 6 rings (SSSR count). The van der Waals surface area contributed by atoms with Gasteiger partial charge in [-0.1, -0.05) is 96.2 Å². The van der Waals surface area contributed by atoms with Crippen molar-refractivity contribution in [2.45, 2.75) is 15.2 Å². The first-order valence-corrected chi connectivity index (χ1v) is 10.3. The number of fused-ring (bicyclic) bond motifs is 9. The summed E-state index contributed by atoms with van der Waals surface area (Å²) in [7, 11) is 0. The predicted octanol–water partition coefficient (Wildman–Crippen LogP) is 7.17. The molecule has 0 unspecified atom stereocenters. The van der Waals surface area contributed by atoms with Crippen LogP contribution in [0.5, 0.6) is 0 Å². The van der Waals surface area contributed by atoms with Crippen LogP contribution >= 0.6 is 23.4 Å². The lowest BCUT2D eigenvalue weighted by Gasteiger charge is -2.39. The lowest BCUT2D eigenvalue weighted by Crippen LogP contribution is -2.31. The van der Waals surface area contributed by atoms with Crippen LogP contribution in [-0.4, -0.2) is 0 Å². The van der Waals surface area contributed by atoms with E-state index < -0.39 is 0 Å². The van der Waals surface area contributed by atoms with Crippen molar-refractivity contribution in [3.63, 3.8) is 0 Å². The minimum atomic E-state index is -0.283. The number of benzene rings is 4. The number of hydrogen-bond donors (Lipinski definition) is 0.